The zero-order chi connectivity index (χ0) is 20.4. The number of aromatic nitrogens is 1. The maximum atomic E-state index is 13.6. The number of benzene rings is 2. The molecule has 3 aromatic rings. The van der Waals surface area contributed by atoms with E-state index in [1.807, 2.05) is 43.5 Å². The first-order chi connectivity index (χ1) is 14.1. The number of halogens is 1. The Morgan fingerprint density at radius 2 is 1.48 bits per heavy atom. The summed E-state index contributed by atoms with van der Waals surface area (Å²) in [6, 6.07) is 12.6. The molecule has 4 heteroatoms. The molecule has 0 radical (unpaired) electrons. The number of methoxy groups -OCH3 is 2. The Morgan fingerprint density at radius 1 is 0.862 bits per heavy atom. The molecular weight excluding hydrogens is 365 g/mol. The van der Waals surface area contributed by atoms with Crippen molar-refractivity contribution in [3.8, 4) is 33.8 Å². The van der Waals surface area contributed by atoms with Crippen molar-refractivity contribution in [2.24, 2.45) is 0 Å². The van der Waals surface area contributed by atoms with Crippen molar-refractivity contribution in [1.82, 2.24) is 4.98 Å². The lowest BCUT2D eigenvalue weighted by atomic mass is 9.85. The molecule has 0 atom stereocenters. The van der Waals surface area contributed by atoms with Crippen LogP contribution in [0.2, 0.25) is 0 Å². The quantitative estimate of drug-likeness (QED) is 0.495. The molecule has 0 bridgehead atoms. The number of pyridine rings is 1. The van der Waals surface area contributed by atoms with E-state index in [-0.39, 0.29) is 5.82 Å². The summed E-state index contributed by atoms with van der Waals surface area (Å²) in [6.45, 7) is 2.01. The third-order valence-electron chi connectivity index (χ3n) is 5.87. The van der Waals surface area contributed by atoms with Crippen molar-refractivity contribution in [2.45, 2.75) is 38.5 Å². The van der Waals surface area contributed by atoms with Crippen LogP contribution < -0.4 is 9.47 Å². The normalized spacial score (nSPS) is 14.2. The molecule has 0 aliphatic heterocycles. The molecule has 1 saturated carbocycles. The summed E-state index contributed by atoms with van der Waals surface area (Å²) in [4.78, 5) is 4.74. The van der Waals surface area contributed by atoms with E-state index in [0.717, 1.165) is 39.4 Å². The lowest BCUT2D eigenvalue weighted by Gasteiger charge is -2.22. The van der Waals surface area contributed by atoms with Gasteiger partial charge in [0, 0.05) is 23.5 Å². The van der Waals surface area contributed by atoms with Gasteiger partial charge in [0.1, 0.15) is 17.3 Å². The summed E-state index contributed by atoms with van der Waals surface area (Å²) in [7, 11) is 3.32. The number of rotatable bonds is 5. The molecular formula is C25H26FNO2. The maximum absolute atomic E-state index is 13.6. The number of nitrogens with zero attached hydrogens (tertiary/aromatic N) is 1. The summed E-state index contributed by atoms with van der Waals surface area (Å²) in [5.74, 6) is 1.73. The van der Waals surface area contributed by atoms with Gasteiger partial charge in [-0.25, -0.2) is 4.39 Å². The Kier molecular flexibility index (Phi) is 5.52. The van der Waals surface area contributed by atoms with Crippen LogP contribution in [0.25, 0.3) is 22.3 Å². The van der Waals surface area contributed by atoms with Crippen LogP contribution in [0.1, 0.15) is 42.9 Å². The van der Waals surface area contributed by atoms with E-state index in [9.17, 15) is 4.39 Å². The highest BCUT2D eigenvalue weighted by Crippen LogP contribution is 2.45. The van der Waals surface area contributed by atoms with Crippen LogP contribution in [0.15, 0.2) is 48.7 Å². The molecule has 0 amide bonds. The fourth-order valence-corrected chi connectivity index (χ4v) is 4.40. The summed E-state index contributed by atoms with van der Waals surface area (Å²) in [6.07, 6.45) is 6.85. The number of aryl methyl sites for hydroxylation is 1. The average molecular weight is 391 g/mol. The molecule has 4 rings (SSSR count). The van der Waals surface area contributed by atoms with Crippen molar-refractivity contribution >= 4 is 0 Å². The molecule has 0 unspecified atom stereocenters. The average Bonchev–Trinajstić information content (AvgIpc) is 3.28. The van der Waals surface area contributed by atoms with E-state index < -0.39 is 0 Å². The summed E-state index contributed by atoms with van der Waals surface area (Å²) in [5.41, 5.74) is 6.37. The first-order valence-corrected chi connectivity index (χ1v) is 10.1. The van der Waals surface area contributed by atoms with E-state index >= 15 is 0 Å². The summed E-state index contributed by atoms with van der Waals surface area (Å²) >= 11 is 0. The second-order valence-corrected chi connectivity index (χ2v) is 7.64. The standard InChI is InChI=1S/C25H26FNO2/c1-16-24(18-8-10-20(26)11-9-18)25(23(15-27-16)17-6-4-5-7-17)19-12-21(28-2)14-22(13-19)29-3/h8-15,17H,4-7H2,1-3H3. The molecule has 1 heterocycles. The second kappa shape index (κ2) is 8.24. The van der Waals surface area contributed by atoms with Crippen molar-refractivity contribution < 1.29 is 13.9 Å². The van der Waals surface area contributed by atoms with Gasteiger partial charge in [-0.3, -0.25) is 4.98 Å². The first-order valence-electron chi connectivity index (χ1n) is 10.1. The number of hydrogen-bond donors (Lipinski definition) is 0. The summed E-state index contributed by atoms with van der Waals surface area (Å²) in [5, 5.41) is 0. The van der Waals surface area contributed by atoms with Gasteiger partial charge in [0.2, 0.25) is 0 Å². The van der Waals surface area contributed by atoms with Crippen LogP contribution in [0.4, 0.5) is 4.39 Å². The third kappa shape index (κ3) is 3.84. The number of hydrogen-bond acceptors (Lipinski definition) is 3. The molecule has 1 aromatic heterocycles. The minimum atomic E-state index is -0.240. The smallest absolute Gasteiger partial charge is 0.123 e. The van der Waals surface area contributed by atoms with Crippen LogP contribution in [0.5, 0.6) is 11.5 Å². The molecule has 0 spiro atoms. The molecule has 3 nitrogen and oxygen atoms in total. The highest BCUT2D eigenvalue weighted by atomic mass is 19.1. The largest absolute Gasteiger partial charge is 0.497 e. The lowest BCUT2D eigenvalue weighted by molar-refractivity contribution is 0.394. The molecule has 0 saturated heterocycles. The predicted octanol–water partition coefficient (Wildman–Crippen LogP) is 6.54. The van der Waals surface area contributed by atoms with Gasteiger partial charge in [0.25, 0.3) is 0 Å². The molecule has 0 N–H and O–H groups in total. The van der Waals surface area contributed by atoms with E-state index in [1.54, 1.807) is 14.2 Å². The first kappa shape index (κ1) is 19.4. The van der Waals surface area contributed by atoms with Crippen LogP contribution in [-0.4, -0.2) is 19.2 Å². The Labute approximate surface area is 171 Å². The lowest BCUT2D eigenvalue weighted by Crippen LogP contribution is -2.03. The van der Waals surface area contributed by atoms with Crippen molar-refractivity contribution in [3.05, 3.63) is 65.7 Å². The fraction of sp³-hybridized carbons (Fsp3) is 0.320. The van der Waals surface area contributed by atoms with Crippen LogP contribution in [0.3, 0.4) is 0 Å². The van der Waals surface area contributed by atoms with Gasteiger partial charge in [-0.05, 0) is 72.2 Å². The van der Waals surface area contributed by atoms with Gasteiger partial charge in [-0.2, -0.15) is 0 Å². The van der Waals surface area contributed by atoms with Gasteiger partial charge >= 0.3 is 0 Å². The van der Waals surface area contributed by atoms with E-state index in [1.165, 1.54) is 43.4 Å². The molecule has 2 aromatic carbocycles. The van der Waals surface area contributed by atoms with Gasteiger partial charge in [-0.1, -0.05) is 25.0 Å². The van der Waals surface area contributed by atoms with Gasteiger partial charge < -0.3 is 9.47 Å². The zero-order valence-corrected chi connectivity index (χ0v) is 17.2. The van der Waals surface area contributed by atoms with Crippen molar-refractivity contribution in [2.75, 3.05) is 14.2 Å². The van der Waals surface area contributed by atoms with Crippen LogP contribution in [0, 0.1) is 12.7 Å². The minimum absolute atomic E-state index is 0.240. The summed E-state index contributed by atoms with van der Waals surface area (Å²) < 4.78 is 24.7. The Balaban J connectivity index is 2.01. The predicted molar refractivity (Wildman–Crippen MR) is 114 cm³/mol. The highest BCUT2D eigenvalue weighted by molar-refractivity contribution is 5.88. The molecule has 1 aliphatic carbocycles. The third-order valence-corrected chi connectivity index (χ3v) is 5.87. The van der Waals surface area contributed by atoms with Crippen LogP contribution >= 0.6 is 0 Å². The van der Waals surface area contributed by atoms with E-state index in [4.69, 9.17) is 14.5 Å². The van der Waals surface area contributed by atoms with Gasteiger partial charge in [0.05, 0.1) is 14.2 Å². The molecule has 1 fully saturated rings. The SMILES string of the molecule is COc1cc(OC)cc(-c2c(C3CCCC3)cnc(C)c2-c2ccc(F)cc2)c1. The minimum Gasteiger partial charge on any atom is -0.497 e. The van der Waals surface area contributed by atoms with Gasteiger partial charge in [-0.15, -0.1) is 0 Å². The van der Waals surface area contributed by atoms with Crippen molar-refractivity contribution in [1.29, 1.82) is 0 Å². The Bertz CT molecular complexity index is 986. The Morgan fingerprint density at radius 3 is 2.07 bits per heavy atom. The van der Waals surface area contributed by atoms with Crippen LogP contribution in [-0.2, 0) is 0 Å². The monoisotopic (exact) mass is 391 g/mol. The maximum Gasteiger partial charge on any atom is 0.123 e. The fourth-order valence-electron chi connectivity index (χ4n) is 4.40. The second-order valence-electron chi connectivity index (χ2n) is 7.64. The molecule has 29 heavy (non-hydrogen) atoms. The number of ether oxygens (including phenoxy) is 2. The zero-order valence-electron chi connectivity index (χ0n) is 17.2. The molecule has 150 valence electrons. The topological polar surface area (TPSA) is 31.4 Å². The van der Waals surface area contributed by atoms with E-state index in [0.29, 0.717) is 5.92 Å². The van der Waals surface area contributed by atoms with E-state index in [2.05, 4.69) is 0 Å². The van der Waals surface area contributed by atoms with Gasteiger partial charge in [0.15, 0.2) is 0 Å². The highest BCUT2D eigenvalue weighted by Gasteiger charge is 2.25. The van der Waals surface area contributed by atoms with Crippen molar-refractivity contribution in [3.63, 3.8) is 0 Å². The molecule has 1 aliphatic rings. The Hall–Kier alpha value is -2.88.